The van der Waals surface area contributed by atoms with E-state index in [0.717, 1.165) is 18.6 Å². The third-order valence-electron chi connectivity index (χ3n) is 3.28. The fraction of sp³-hybridized carbons (Fsp3) is 0.429. The predicted octanol–water partition coefficient (Wildman–Crippen LogP) is 3.51. The van der Waals surface area contributed by atoms with E-state index in [1.165, 1.54) is 24.0 Å². The van der Waals surface area contributed by atoms with Crippen molar-refractivity contribution >= 4 is 6.08 Å². The van der Waals surface area contributed by atoms with Gasteiger partial charge in [-0.1, -0.05) is 12.1 Å². The predicted molar refractivity (Wildman–Crippen MR) is 61.8 cm³/mol. The molecule has 1 heterocycles. The van der Waals surface area contributed by atoms with Crippen molar-refractivity contribution in [2.75, 3.05) is 13.2 Å². The van der Waals surface area contributed by atoms with Gasteiger partial charge in [0.15, 0.2) is 0 Å². The Kier molecular flexibility index (Phi) is 2.52. The van der Waals surface area contributed by atoms with Gasteiger partial charge in [0.1, 0.15) is 5.82 Å². The maximum absolute atomic E-state index is 13.2. The molecule has 0 spiro atoms. The number of hydrogen-bond donors (Lipinski definition) is 0. The van der Waals surface area contributed by atoms with Gasteiger partial charge in [-0.3, -0.25) is 0 Å². The second kappa shape index (κ2) is 4.02. The number of halogens is 1. The van der Waals surface area contributed by atoms with Crippen LogP contribution >= 0.6 is 0 Å². The van der Waals surface area contributed by atoms with Crippen LogP contribution in [0.4, 0.5) is 4.39 Å². The SMILES string of the molecule is Fc1ccc(C2CC2)c(/C=C2\CCOC2)c1. The summed E-state index contributed by atoms with van der Waals surface area (Å²) in [7, 11) is 0. The van der Waals surface area contributed by atoms with Crippen molar-refractivity contribution in [3.63, 3.8) is 0 Å². The Balaban J connectivity index is 1.96. The van der Waals surface area contributed by atoms with E-state index in [0.29, 0.717) is 12.5 Å². The molecule has 0 aromatic heterocycles. The molecule has 2 fully saturated rings. The van der Waals surface area contributed by atoms with Crippen LogP contribution in [0.1, 0.15) is 36.3 Å². The van der Waals surface area contributed by atoms with E-state index in [1.807, 2.05) is 6.07 Å². The molecule has 0 N–H and O–H groups in total. The lowest BCUT2D eigenvalue weighted by molar-refractivity contribution is 0.205. The van der Waals surface area contributed by atoms with Gasteiger partial charge in [-0.25, -0.2) is 4.39 Å². The average molecular weight is 218 g/mol. The summed E-state index contributed by atoms with van der Waals surface area (Å²) in [4.78, 5) is 0. The van der Waals surface area contributed by atoms with E-state index in [9.17, 15) is 4.39 Å². The molecule has 0 unspecified atom stereocenters. The van der Waals surface area contributed by atoms with E-state index in [2.05, 4.69) is 6.08 Å². The molecule has 1 nitrogen and oxygen atoms in total. The van der Waals surface area contributed by atoms with Crippen molar-refractivity contribution in [3.8, 4) is 0 Å². The molecule has 16 heavy (non-hydrogen) atoms. The lowest BCUT2D eigenvalue weighted by Crippen LogP contribution is -1.90. The van der Waals surface area contributed by atoms with Crippen LogP contribution in [-0.2, 0) is 4.74 Å². The first-order valence-electron chi connectivity index (χ1n) is 5.89. The Morgan fingerprint density at radius 3 is 2.88 bits per heavy atom. The minimum Gasteiger partial charge on any atom is -0.377 e. The quantitative estimate of drug-likeness (QED) is 0.738. The minimum atomic E-state index is -0.143. The van der Waals surface area contributed by atoms with Gasteiger partial charge in [0.05, 0.1) is 13.2 Å². The summed E-state index contributed by atoms with van der Waals surface area (Å²) < 4.78 is 18.6. The van der Waals surface area contributed by atoms with E-state index < -0.39 is 0 Å². The minimum absolute atomic E-state index is 0.143. The van der Waals surface area contributed by atoms with Crippen LogP contribution < -0.4 is 0 Å². The Morgan fingerprint density at radius 2 is 2.19 bits per heavy atom. The van der Waals surface area contributed by atoms with Gasteiger partial charge < -0.3 is 4.74 Å². The number of hydrogen-bond acceptors (Lipinski definition) is 1. The summed E-state index contributed by atoms with van der Waals surface area (Å²) in [5.41, 5.74) is 3.65. The van der Waals surface area contributed by atoms with E-state index in [1.54, 1.807) is 12.1 Å². The van der Waals surface area contributed by atoms with Gasteiger partial charge >= 0.3 is 0 Å². The molecule has 0 atom stereocenters. The maximum atomic E-state index is 13.2. The topological polar surface area (TPSA) is 9.23 Å². The molecule has 1 saturated heterocycles. The van der Waals surface area contributed by atoms with Crippen molar-refractivity contribution in [2.24, 2.45) is 0 Å². The lowest BCUT2D eigenvalue weighted by Gasteiger charge is -2.05. The zero-order valence-corrected chi connectivity index (χ0v) is 9.21. The first-order chi connectivity index (χ1) is 7.83. The van der Waals surface area contributed by atoms with Gasteiger partial charge in [0.2, 0.25) is 0 Å². The Bertz CT molecular complexity index is 424. The number of ether oxygens (including phenoxy) is 1. The summed E-state index contributed by atoms with van der Waals surface area (Å²) in [5, 5.41) is 0. The van der Waals surface area contributed by atoms with Gasteiger partial charge in [0, 0.05) is 0 Å². The van der Waals surface area contributed by atoms with Crippen molar-refractivity contribution in [2.45, 2.75) is 25.2 Å². The second-order valence-electron chi connectivity index (χ2n) is 4.65. The summed E-state index contributed by atoms with van der Waals surface area (Å²) in [6.45, 7) is 1.51. The van der Waals surface area contributed by atoms with E-state index >= 15 is 0 Å². The molecular weight excluding hydrogens is 203 g/mol. The molecule has 1 aliphatic carbocycles. The third kappa shape index (κ3) is 2.03. The van der Waals surface area contributed by atoms with E-state index in [4.69, 9.17) is 4.74 Å². The van der Waals surface area contributed by atoms with Crippen LogP contribution in [0, 0.1) is 5.82 Å². The van der Waals surface area contributed by atoms with Crippen LogP contribution in [0.15, 0.2) is 23.8 Å². The van der Waals surface area contributed by atoms with Crippen LogP contribution in [-0.4, -0.2) is 13.2 Å². The standard InChI is InChI=1S/C14H15FO/c15-13-3-4-14(11-1-2-11)12(8-13)7-10-5-6-16-9-10/h3-4,7-8,11H,1-2,5-6,9H2/b10-7+. The second-order valence-corrected chi connectivity index (χ2v) is 4.65. The molecule has 2 aliphatic rings. The van der Waals surface area contributed by atoms with Gasteiger partial charge in [-0.05, 0) is 54.0 Å². The Morgan fingerprint density at radius 1 is 1.31 bits per heavy atom. The third-order valence-corrected chi connectivity index (χ3v) is 3.28. The molecule has 84 valence electrons. The fourth-order valence-electron chi connectivity index (χ4n) is 2.25. The summed E-state index contributed by atoms with van der Waals surface area (Å²) in [6, 6.07) is 5.16. The van der Waals surface area contributed by atoms with Crippen molar-refractivity contribution in [1.82, 2.24) is 0 Å². The molecule has 2 heteroatoms. The molecule has 1 aromatic rings. The summed E-state index contributed by atoms with van der Waals surface area (Å²) in [6.07, 6.45) is 5.60. The van der Waals surface area contributed by atoms with Gasteiger partial charge in [0.25, 0.3) is 0 Å². The molecule has 3 rings (SSSR count). The maximum Gasteiger partial charge on any atom is 0.123 e. The van der Waals surface area contributed by atoms with E-state index in [-0.39, 0.29) is 5.82 Å². The van der Waals surface area contributed by atoms with Crippen molar-refractivity contribution < 1.29 is 9.13 Å². The Hall–Kier alpha value is -1.15. The first kappa shape index (κ1) is 10.0. The lowest BCUT2D eigenvalue weighted by atomic mass is 10.0. The van der Waals surface area contributed by atoms with Gasteiger partial charge in [-0.2, -0.15) is 0 Å². The molecule has 0 amide bonds. The first-order valence-corrected chi connectivity index (χ1v) is 5.89. The highest BCUT2D eigenvalue weighted by atomic mass is 19.1. The highest BCUT2D eigenvalue weighted by Gasteiger charge is 2.25. The molecule has 0 radical (unpaired) electrons. The summed E-state index contributed by atoms with van der Waals surface area (Å²) >= 11 is 0. The van der Waals surface area contributed by atoms with Gasteiger partial charge in [-0.15, -0.1) is 0 Å². The highest BCUT2D eigenvalue weighted by molar-refractivity contribution is 5.59. The number of benzene rings is 1. The fourth-order valence-corrected chi connectivity index (χ4v) is 2.25. The molecule has 1 saturated carbocycles. The van der Waals surface area contributed by atoms with Crippen LogP contribution in [0.5, 0.6) is 0 Å². The van der Waals surface area contributed by atoms with Crippen LogP contribution in [0.2, 0.25) is 0 Å². The number of rotatable bonds is 2. The monoisotopic (exact) mass is 218 g/mol. The molecule has 0 bridgehead atoms. The Labute approximate surface area is 94.9 Å². The average Bonchev–Trinajstić information content (AvgIpc) is 2.98. The molecule has 1 aromatic carbocycles. The normalized spacial score (nSPS) is 22.9. The summed E-state index contributed by atoms with van der Waals surface area (Å²) in [5.74, 6) is 0.518. The van der Waals surface area contributed by atoms with Crippen LogP contribution in [0.25, 0.3) is 6.08 Å². The van der Waals surface area contributed by atoms with Crippen LogP contribution in [0.3, 0.4) is 0 Å². The molecule has 1 aliphatic heterocycles. The van der Waals surface area contributed by atoms with Crippen molar-refractivity contribution in [1.29, 1.82) is 0 Å². The zero-order valence-electron chi connectivity index (χ0n) is 9.21. The van der Waals surface area contributed by atoms with Crippen molar-refractivity contribution in [3.05, 3.63) is 40.7 Å². The zero-order chi connectivity index (χ0) is 11.0. The smallest absolute Gasteiger partial charge is 0.123 e. The molecular formula is C14H15FO. The largest absolute Gasteiger partial charge is 0.377 e. The highest BCUT2D eigenvalue weighted by Crippen LogP contribution is 2.42.